The number of unbranched alkanes of at least 4 members (excludes halogenated alkanes) is 3. The topological polar surface area (TPSA) is 165 Å². The number of nitrogens with two attached hydrogens (primary N) is 1. The highest BCUT2D eigenvalue weighted by Crippen LogP contribution is 2.62. The maximum atomic E-state index is 14.3. The molecule has 0 aliphatic rings. The first kappa shape index (κ1) is 39.9. The van der Waals surface area contributed by atoms with Crippen LogP contribution in [0.4, 0.5) is 5.69 Å². The maximum absolute atomic E-state index is 14.3. The summed E-state index contributed by atoms with van der Waals surface area (Å²) in [5, 5.41) is 10.2. The van der Waals surface area contributed by atoms with Crippen LogP contribution >= 0.6 is 7.60 Å². The Kier molecular flexibility index (Phi) is 17.0. The van der Waals surface area contributed by atoms with Crippen molar-refractivity contribution in [1.29, 1.82) is 5.41 Å². The standard InChI is InChI=1S/C32H56N5O7PS/c1-7-26(8-2)41-24-25-44-45(38,43-22-13-11-10-12-20-35-31(33)34)32(4,9-3)42-23-21-36-46(39,40)30-19-15-16-27-28(30)17-14-18-29(27)37(5)6/h14-19,26,36H,7-13,20-25H2,1-6H3,(H4,33,34,35). The highest BCUT2D eigenvalue weighted by Gasteiger charge is 2.47. The van der Waals surface area contributed by atoms with Crippen LogP contribution in [0.3, 0.4) is 0 Å². The Bertz CT molecular complexity index is 1370. The molecule has 46 heavy (non-hydrogen) atoms. The lowest BCUT2D eigenvalue weighted by Crippen LogP contribution is -2.35. The molecule has 0 fully saturated rings. The predicted molar refractivity (Wildman–Crippen MR) is 186 cm³/mol. The van der Waals surface area contributed by atoms with Gasteiger partial charge in [-0.15, -0.1) is 0 Å². The van der Waals surface area contributed by atoms with Crippen molar-refractivity contribution in [3.05, 3.63) is 36.4 Å². The summed E-state index contributed by atoms with van der Waals surface area (Å²) in [5.41, 5.74) is 6.23. The Balaban J connectivity index is 2.07. The van der Waals surface area contributed by atoms with Gasteiger partial charge in [0.1, 0.15) is 0 Å². The first-order chi connectivity index (χ1) is 21.8. The van der Waals surface area contributed by atoms with Gasteiger partial charge in [0.2, 0.25) is 10.0 Å². The Labute approximate surface area is 276 Å². The quantitative estimate of drug-likeness (QED) is 0.0459. The number of nitrogens with one attached hydrogen (secondary N) is 3. The van der Waals surface area contributed by atoms with Crippen LogP contribution in [-0.2, 0) is 33.1 Å². The zero-order valence-corrected chi connectivity index (χ0v) is 30.2. The molecule has 0 amide bonds. The lowest BCUT2D eigenvalue weighted by Gasteiger charge is -2.35. The average molecular weight is 686 g/mol. The zero-order chi connectivity index (χ0) is 34.2. The van der Waals surface area contributed by atoms with Crippen molar-refractivity contribution >= 4 is 40.0 Å². The van der Waals surface area contributed by atoms with Crippen LogP contribution in [0.25, 0.3) is 10.8 Å². The molecular formula is C32H56N5O7PS. The lowest BCUT2D eigenvalue weighted by molar-refractivity contribution is -0.0109. The molecule has 2 atom stereocenters. The number of fused-ring (bicyclic) bond motifs is 1. The molecule has 0 heterocycles. The maximum Gasteiger partial charge on any atom is 0.361 e. The number of anilines is 1. The molecule has 2 aromatic carbocycles. The number of rotatable bonds is 24. The van der Waals surface area contributed by atoms with E-state index in [1.807, 2.05) is 44.1 Å². The minimum atomic E-state index is -3.87. The molecule has 0 saturated heterocycles. The van der Waals surface area contributed by atoms with Crippen molar-refractivity contribution < 1.29 is 31.5 Å². The van der Waals surface area contributed by atoms with Gasteiger partial charge in [0.05, 0.1) is 37.4 Å². The van der Waals surface area contributed by atoms with Crippen molar-refractivity contribution in [3.8, 4) is 0 Å². The molecule has 0 aromatic heterocycles. The van der Waals surface area contributed by atoms with E-state index in [1.165, 1.54) is 0 Å². The third-order valence-electron chi connectivity index (χ3n) is 7.93. The van der Waals surface area contributed by atoms with Gasteiger partial charge in [0.25, 0.3) is 0 Å². The molecule has 2 aromatic rings. The zero-order valence-electron chi connectivity index (χ0n) is 28.5. The monoisotopic (exact) mass is 685 g/mol. The van der Waals surface area contributed by atoms with E-state index < -0.39 is 23.0 Å². The first-order valence-electron chi connectivity index (χ1n) is 16.3. The molecule has 2 unspecified atom stereocenters. The molecule has 2 rings (SSSR count). The summed E-state index contributed by atoms with van der Waals surface area (Å²) in [6, 6.07) is 10.8. The number of hydrogen-bond donors (Lipinski definition) is 4. The van der Waals surface area contributed by atoms with Crippen molar-refractivity contribution in [2.24, 2.45) is 5.73 Å². The normalized spacial score (nSPS) is 14.7. The van der Waals surface area contributed by atoms with Gasteiger partial charge in [-0.25, -0.2) is 13.1 Å². The van der Waals surface area contributed by atoms with Crippen LogP contribution in [0.1, 0.15) is 72.6 Å². The summed E-state index contributed by atoms with van der Waals surface area (Å²) in [5.74, 6) is -0.0478. The van der Waals surface area contributed by atoms with Gasteiger partial charge in [-0.1, -0.05) is 57.9 Å². The van der Waals surface area contributed by atoms with Crippen LogP contribution < -0.4 is 20.7 Å². The van der Waals surface area contributed by atoms with Crippen LogP contribution in [0.2, 0.25) is 0 Å². The van der Waals surface area contributed by atoms with Gasteiger partial charge in [0, 0.05) is 43.6 Å². The van der Waals surface area contributed by atoms with Crippen LogP contribution in [0, 0.1) is 5.41 Å². The van der Waals surface area contributed by atoms with Crippen molar-refractivity contribution in [2.45, 2.75) is 89.0 Å². The van der Waals surface area contributed by atoms with Gasteiger partial charge in [-0.3, -0.25) is 9.97 Å². The number of ether oxygens (including phenoxy) is 2. The third-order valence-corrected chi connectivity index (χ3v) is 12.1. The second-order valence-corrected chi connectivity index (χ2v) is 15.7. The minimum Gasteiger partial charge on any atom is -0.377 e. The minimum absolute atomic E-state index is 0.0340. The van der Waals surface area contributed by atoms with E-state index in [2.05, 4.69) is 23.9 Å². The van der Waals surface area contributed by atoms with Gasteiger partial charge >= 0.3 is 7.60 Å². The summed E-state index contributed by atoms with van der Waals surface area (Å²) in [4.78, 5) is 2.12. The lowest BCUT2D eigenvalue weighted by atomic mass is 10.1. The fourth-order valence-corrected chi connectivity index (χ4v) is 8.16. The number of nitrogens with zero attached hydrogens (tertiary/aromatic N) is 1. The predicted octanol–water partition coefficient (Wildman–Crippen LogP) is 5.80. The molecular weight excluding hydrogens is 629 g/mol. The van der Waals surface area contributed by atoms with Gasteiger partial charge in [-0.2, -0.15) is 0 Å². The molecule has 0 saturated carbocycles. The summed E-state index contributed by atoms with van der Waals surface area (Å²) < 4.78 is 67.6. The Hall–Kier alpha value is -2.25. The van der Waals surface area contributed by atoms with Gasteiger partial charge in [0.15, 0.2) is 11.3 Å². The summed E-state index contributed by atoms with van der Waals surface area (Å²) >= 11 is 0. The van der Waals surface area contributed by atoms with Crippen LogP contribution in [0.15, 0.2) is 41.3 Å². The van der Waals surface area contributed by atoms with Gasteiger partial charge in [-0.05, 0) is 51.2 Å². The van der Waals surface area contributed by atoms with Crippen molar-refractivity contribution in [3.63, 3.8) is 0 Å². The molecule has 0 aliphatic heterocycles. The van der Waals surface area contributed by atoms with E-state index in [0.717, 1.165) is 43.2 Å². The molecule has 262 valence electrons. The SMILES string of the molecule is CCC(CC)OCCOP(=O)(OCCCCCCNC(=N)N)C(C)(CC)OCCNS(=O)(=O)c1cccc2c(N(C)C)cccc12. The van der Waals surface area contributed by atoms with Crippen LogP contribution in [0.5, 0.6) is 0 Å². The molecule has 5 N–H and O–H groups in total. The Morgan fingerprint density at radius 2 is 1.59 bits per heavy atom. The summed E-state index contributed by atoms with van der Waals surface area (Å²) in [7, 11) is -3.86. The molecule has 0 radical (unpaired) electrons. The molecule has 12 nitrogen and oxygen atoms in total. The number of hydrogen-bond acceptors (Lipinski definition) is 9. The van der Waals surface area contributed by atoms with E-state index in [0.29, 0.717) is 24.8 Å². The Morgan fingerprint density at radius 3 is 2.24 bits per heavy atom. The number of benzene rings is 2. The fourth-order valence-electron chi connectivity index (χ4n) is 4.98. The Morgan fingerprint density at radius 1 is 0.935 bits per heavy atom. The average Bonchev–Trinajstić information content (AvgIpc) is 3.03. The summed E-state index contributed by atoms with van der Waals surface area (Å²) in [6.45, 7) is 8.73. The largest absolute Gasteiger partial charge is 0.377 e. The molecule has 0 spiro atoms. The second kappa shape index (κ2) is 19.5. The van der Waals surface area contributed by atoms with Crippen molar-refractivity contribution in [2.75, 3.05) is 58.5 Å². The molecule has 14 heteroatoms. The van der Waals surface area contributed by atoms with Gasteiger partial charge < -0.3 is 34.5 Å². The van der Waals surface area contributed by atoms with E-state index in [1.54, 1.807) is 25.1 Å². The van der Waals surface area contributed by atoms with Crippen LogP contribution in [-0.4, -0.2) is 79.4 Å². The van der Waals surface area contributed by atoms with E-state index in [9.17, 15) is 13.0 Å². The smallest absolute Gasteiger partial charge is 0.361 e. The van der Waals surface area contributed by atoms with E-state index >= 15 is 0 Å². The second-order valence-electron chi connectivity index (χ2n) is 11.5. The fraction of sp³-hybridized carbons (Fsp3) is 0.656. The molecule has 0 bridgehead atoms. The number of sulfonamides is 1. The highest BCUT2D eigenvalue weighted by atomic mass is 32.2. The highest BCUT2D eigenvalue weighted by molar-refractivity contribution is 7.89. The van der Waals surface area contributed by atoms with Crippen molar-refractivity contribution in [1.82, 2.24) is 10.0 Å². The van der Waals surface area contributed by atoms with E-state index in [4.69, 9.17) is 29.7 Å². The summed E-state index contributed by atoms with van der Waals surface area (Å²) in [6.07, 6.45) is 5.40. The molecule has 0 aliphatic carbocycles. The van der Waals surface area contributed by atoms with E-state index in [-0.39, 0.29) is 49.9 Å². The third kappa shape index (κ3) is 11.8. The first-order valence-corrected chi connectivity index (χ1v) is 19.3. The number of guanidine groups is 1.